The molecule has 0 aromatic carbocycles. The number of nitrogens with zero attached hydrogens (tertiary/aromatic N) is 1. The minimum atomic E-state index is -0.153. The lowest BCUT2D eigenvalue weighted by molar-refractivity contribution is -0.122. The van der Waals surface area contributed by atoms with Gasteiger partial charge in [0.15, 0.2) is 0 Å². The van der Waals surface area contributed by atoms with Gasteiger partial charge in [-0.25, -0.2) is 4.98 Å². The molecule has 6 nitrogen and oxygen atoms in total. The van der Waals surface area contributed by atoms with E-state index < -0.39 is 0 Å². The molecular weight excluding hydrogens is 208 g/mol. The maximum Gasteiger partial charge on any atom is 0.222 e. The van der Waals surface area contributed by atoms with Crippen LogP contribution in [0, 0.1) is 0 Å². The van der Waals surface area contributed by atoms with Gasteiger partial charge >= 0.3 is 0 Å². The van der Waals surface area contributed by atoms with Gasteiger partial charge in [-0.15, -0.1) is 0 Å². The van der Waals surface area contributed by atoms with Crippen LogP contribution < -0.4 is 10.6 Å². The van der Waals surface area contributed by atoms with Crippen LogP contribution in [0.1, 0.15) is 32.1 Å². The SMILES string of the molecule is CC(=O)NCCC(=O)NC(C)c1ncc[nH]1. The number of H-pyrrole nitrogens is 1. The number of hydrogen-bond acceptors (Lipinski definition) is 3. The van der Waals surface area contributed by atoms with Crippen LogP contribution in [0.5, 0.6) is 0 Å². The Hall–Kier alpha value is -1.85. The number of aromatic nitrogens is 2. The van der Waals surface area contributed by atoms with Gasteiger partial charge in [0.25, 0.3) is 0 Å². The molecule has 1 rings (SSSR count). The van der Waals surface area contributed by atoms with Crippen molar-refractivity contribution in [3.8, 4) is 0 Å². The van der Waals surface area contributed by atoms with Gasteiger partial charge in [-0.3, -0.25) is 9.59 Å². The largest absolute Gasteiger partial charge is 0.356 e. The molecule has 0 aliphatic carbocycles. The molecule has 0 bridgehead atoms. The second-order valence-corrected chi connectivity index (χ2v) is 3.50. The molecule has 88 valence electrons. The quantitative estimate of drug-likeness (QED) is 0.663. The van der Waals surface area contributed by atoms with Gasteiger partial charge in [0.2, 0.25) is 11.8 Å². The fourth-order valence-electron chi connectivity index (χ4n) is 1.25. The molecule has 2 amide bonds. The molecule has 1 aromatic rings. The van der Waals surface area contributed by atoms with Crippen LogP contribution in [0.4, 0.5) is 0 Å². The van der Waals surface area contributed by atoms with Crippen molar-refractivity contribution < 1.29 is 9.59 Å². The first-order valence-corrected chi connectivity index (χ1v) is 5.12. The topological polar surface area (TPSA) is 86.9 Å². The third kappa shape index (κ3) is 4.12. The zero-order valence-electron chi connectivity index (χ0n) is 9.41. The predicted molar refractivity (Wildman–Crippen MR) is 58.4 cm³/mol. The molecule has 0 saturated heterocycles. The van der Waals surface area contributed by atoms with E-state index in [1.165, 1.54) is 6.92 Å². The lowest BCUT2D eigenvalue weighted by atomic mass is 10.3. The van der Waals surface area contributed by atoms with E-state index in [1.54, 1.807) is 12.4 Å². The van der Waals surface area contributed by atoms with Crippen molar-refractivity contribution in [3.63, 3.8) is 0 Å². The molecule has 1 atom stereocenters. The van der Waals surface area contributed by atoms with Gasteiger partial charge in [0.1, 0.15) is 5.82 Å². The van der Waals surface area contributed by atoms with E-state index in [1.807, 2.05) is 6.92 Å². The highest BCUT2D eigenvalue weighted by Gasteiger charge is 2.10. The minimum absolute atomic E-state index is 0.113. The predicted octanol–water partition coefficient (Wildman–Crippen LogP) is 0.113. The van der Waals surface area contributed by atoms with E-state index in [0.29, 0.717) is 12.4 Å². The number of aromatic amines is 1. The van der Waals surface area contributed by atoms with Crippen LogP contribution in [-0.2, 0) is 9.59 Å². The van der Waals surface area contributed by atoms with Crippen molar-refractivity contribution >= 4 is 11.8 Å². The zero-order valence-corrected chi connectivity index (χ0v) is 9.41. The number of hydrogen-bond donors (Lipinski definition) is 3. The van der Waals surface area contributed by atoms with Crippen LogP contribution in [0.3, 0.4) is 0 Å². The molecule has 1 heterocycles. The highest BCUT2D eigenvalue weighted by atomic mass is 16.2. The Kier molecular flexibility index (Phi) is 4.50. The molecule has 1 unspecified atom stereocenters. The number of imidazole rings is 1. The molecule has 0 saturated carbocycles. The molecule has 1 aromatic heterocycles. The monoisotopic (exact) mass is 224 g/mol. The average Bonchev–Trinajstić information content (AvgIpc) is 2.69. The molecule has 3 N–H and O–H groups in total. The van der Waals surface area contributed by atoms with Crippen molar-refractivity contribution in [2.45, 2.75) is 26.3 Å². The van der Waals surface area contributed by atoms with Gasteiger partial charge in [-0.2, -0.15) is 0 Å². The highest BCUT2D eigenvalue weighted by Crippen LogP contribution is 2.04. The first kappa shape index (κ1) is 12.2. The fourth-order valence-corrected chi connectivity index (χ4v) is 1.25. The molecule has 0 radical (unpaired) electrons. The highest BCUT2D eigenvalue weighted by molar-refractivity contribution is 5.78. The third-order valence-corrected chi connectivity index (χ3v) is 2.03. The van der Waals surface area contributed by atoms with Gasteiger partial charge in [-0.05, 0) is 6.92 Å². The number of nitrogens with one attached hydrogen (secondary N) is 3. The normalized spacial score (nSPS) is 11.9. The molecule has 6 heteroatoms. The van der Waals surface area contributed by atoms with Gasteiger partial charge in [-0.1, -0.05) is 0 Å². The Morgan fingerprint density at radius 3 is 2.88 bits per heavy atom. The van der Waals surface area contributed by atoms with E-state index in [0.717, 1.165) is 0 Å². The van der Waals surface area contributed by atoms with Crippen molar-refractivity contribution in [2.75, 3.05) is 6.54 Å². The summed E-state index contributed by atoms with van der Waals surface area (Å²) in [6.45, 7) is 3.62. The lowest BCUT2D eigenvalue weighted by Gasteiger charge is -2.11. The van der Waals surface area contributed by atoms with E-state index in [2.05, 4.69) is 20.6 Å². The third-order valence-electron chi connectivity index (χ3n) is 2.03. The zero-order chi connectivity index (χ0) is 12.0. The standard InChI is InChI=1S/C10H16N4O2/c1-7(10-12-5-6-13-10)14-9(16)3-4-11-8(2)15/h5-7H,3-4H2,1-2H3,(H,11,15)(H,12,13)(H,14,16). The van der Waals surface area contributed by atoms with Gasteiger partial charge < -0.3 is 15.6 Å². The second-order valence-electron chi connectivity index (χ2n) is 3.50. The summed E-state index contributed by atoms with van der Waals surface area (Å²) in [4.78, 5) is 29.0. The molecular formula is C10H16N4O2. The Balaban J connectivity index is 2.26. The number of carbonyl (C=O) groups excluding carboxylic acids is 2. The number of rotatable bonds is 5. The average molecular weight is 224 g/mol. The summed E-state index contributed by atoms with van der Waals surface area (Å²) in [5, 5.41) is 5.33. The van der Waals surface area contributed by atoms with Crippen LogP contribution in [0.2, 0.25) is 0 Å². The van der Waals surface area contributed by atoms with Gasteiger partial charge in [0.05, 0.1) is 6.04 Å². The lowest BCUT2D eigenvalue weighted by Crippen LogP contribution is -2.31. The molecule has 0 fully saturated rings. The van der Waals surface area contributed by atoms with Crippen LogP contribution >= 0.6 is 0 Å². The van der Waals surface area contributed by atoms with E-state index in [9.17, 15) is 9.59 Å². The maximum absolute atomic E-state index is 11.4. The summed E-state index contributed by atoms with van der Waals surface area (Å²) in [6, 6.07) is -0.153. The second kappa shape index (κ2) is 5.89. The van der Waals surface area contributed by atoms with Crippen molar-refractivity contribution in [1.82, 2.24) is 20.6 Å². The Morgan fingerprint density at radius 1 is 1.56 bits per heavy atom. The summed E-state index contributed by atoms with van der Waals surface area (Å²) >= 11 is 0. The maximum atomic E-state index is 11.4. The van der Waals surface area contributed by atoms with E-state index in [4.69, 9.17) is 0 Å². The Morgan fingerprint density at radius 2 is 2.31 bits per heavy atom. The van der Waals surface area contributed by atoms with Crippen molar-refractivity contribution in [2.24, 2.45) is 0 Å². The summed E-state index contributed by atoms with van der Waals surface area (Å²) in [7, 11) is 0. The van der Waals surface area contributed by atoms with Crippen LogP contribution in [0.25, 0.3) is 0 Å². The van der Waals surface area contributed by atoms with E-state index >= 15 is 0 Å². The van der Waals surface area contributed by atoms with Crippen LogP contribution in [-0.4, -0.2) is 28.3 Å². The summed E-state index contributed by atoms with van der Waals surface area (Å²) < 4.78 is 0. The molecule has 16 heavy (non-hydrogen) atoms. The molecule has 0 aliphatic heterocycles. The van der Waals surface area contributed by atoms with Gasteiger partial charge in [0, 0.05) is 32.3 Å². The van der Waals surface area contributed by atoms with Crippen molar-refractivity contribution in [3.05, 3.63) is 18.2 Å². The molecule has 0 spiro atoms. The Bertz CT molecular complexity index is 348. The van der Waals surface area contributed by atoms with Crippen LogP contribution in [0.15, 0.2) is 12.4 Å². The van der Waals surface area contributed by atoms with E-state index in [-0.39, 0.29) is 24.3 Å². The Labute approximate surface area is 93.8 Å². The number of amides is 2. The minimum Gasteiger partial charge on any atom is -0.356 e. The molecule has 0 aliphatic rings. The smallest absolute Gasteiger partial charge is 0.222 e. The number of carbonyl (C=O) groups is 2. The van der Waals surface area contributed by atoms with Crippen molar-refractivity contribution in [1.29, 1.82) is 0 Å². The summed E-state index contributed by atoms with van der Waals surface area (Å²) in [5.74, 6) is 0.470. The summed E-state index contributed by atoms with van der Waals surface area (Å²) in [6.07, 6.45) is 3.61. The summed E-state index contributed by atoms with van der Waals surface area (Å²) in [5.41, 5.74) is 0. The first-order chi connectivity index (χ1) is 7.59. The fraction of sp³-hybridized carbons (Fsp3) is 0.500. The first-order valence-electron chi connectivity index (χ1n) is 5.12.